The Morgan fingerprint density at radius 1 is 1.50 bits per heavy atom. The van der Waals surface area contributed by atoms with Gasteiger partial charge in [-0.1, -0.05) is 0 Å². The molecule has 2 N–H and O–H groups in total. The lowest BCUT2D eigenvalue weighted by Gasteiger charge is -2.06. The predicted octanol–water partition coefficient (Wildman–Crippen LogP) is 1.33. The van der Waals surface area contributed by atoms with E-state index in [2.05, 4.69) is 0 Å². The largest absolute Gasteiger partial charge is 0.378 e. The molecule has 1 atom stereocenters. The van der Waals surface area contributed by atoms with Gasteiger partial charge in [0.15, 0.2) is 0 Å². The zero-order valence-electron chi connectivity index (χ0n) is 6.21. The molecule has 1 saturated heterocycles. The highest BCUT2D eigenvalue weighted by Crippen LogP contribution is 2.15. The van der Waals surface area contributed by atoms with Crippen LogP contribution in [0.3, 0.4) is 0 Å². The SMILES string of the molecule is Cl.NCCC[C@H]1CCCO1. The fraction of sp³-hybridized carbons (Fsp3) is 1.00. The second-order valence-corrected chi connectivity index (χ2v) is 2.57. The Bertz CT molecular complexity index is 74.0. The van der Waals surface area contributed by atoms with Gasteiger partial charge in [-0.15, -0.1) is 12.4 Å². The lowest BCUT2D eigenvalue weighted by atomic mass is 10.1. The zero-order valence-corrected chi connectivity index (χ0v) is 7.03. The Morgan fingerprint density at radius 2 is 2.30 bits per heavy atom. The molecule has 1 fully saturated rings. The highest BCUT2D eigenvalue weighted by Gasteiger charge is 2.13. The number of halogens is 1. The van der Waals surface area contributed by atoms with Crippen LogP contribution in [0.1, 0.15) is 25.7 Å². The number of rotatable bonds is 3. The van der Waals surface area contributed by atoms with Crippen LogP contribution < -0.4 is 5.73 Å². The van der Waals surface area contributed by atoms with Gasteiger partial charge in [0.05, 0.1) is 6.10 Å². The van der Waals surface area contributed by atoms with E-state index in [9.17, 15) is 0 Å². The van der Waals surface area contributed by atoms with E-state index in [0.717, 1.165) is 26.0 Å². The van der Waals surface area contributed by atoms with Gasteiger partial charge in [-0.05, 0) is 32.2 Å². The summed E-state index contributed by atoms with van der Waals surface area (Å²) in [6, 6.07) is 0. The van der Waals surface area contributed by atoms with Gasteiger partial charge in [-0.3, -0.25) is 0 Å². The summed E-state index contributed by atoms with van der Waals surface area (Å²) in [6.45, 7) is 1.77. The minimum Gasteiger partial charge on any atom is -0.378 e. The molecule has 2 nitrogen and oxygen atoms in total. The molecule has 3 heteroatoms. The van der Waals surface area contributed by atoms with Gasteiger partial charge in [0.2, 0.25) is 0 Å². The summed E-state index contributed by atoms with van der Waals surface area (Å²) in [5, 5.41) is 0. The third kappa shape index (κ3) is 3.40. The first kappa shape index (κ1) is 10.2. The van der Waals surface area contributed by atoms with Gasteiger partial charge < -0.3 is 10.5 Å². The van der Waals surface area contributed by atoms with Crippen LogP contribution in [-0.2, 0) is 4.74 Å². The smallest absolute Gasteiger partial charge is 0.0576 e. The number of nitrogens with two attached hydrogens (primary N) is 1. The van der Waals surface area contributed by atoms with Crippen LogP contribution in [0.5, 0.6) is 0 Å². The third-order valence-electron chi connectivity index (χ3n) is 1.75. The summed E-state index contributed by atoms with van der Waals surface area (Å²) in [7, 11) is 0. The molecule has 1 aliphatic rings. The number of ether oxygens (including phenoxy) is 1. The van der Waals surface area contributed by atoms with Gasteiger partial charge in [-0.25, -0.2) is 0 Å². The molecule has 0 unspecified atom stereocenters. The predicted molar refractivity (Wildman–Crippen MR) is 44.5 cm³/mol. The Balaban J connectivity index is 0.000000810. The van der Waals surface area contributed by atoms with E-state index in [1.165, 1.54) is 12.8 Å². The summed E-state index contributed by atoms with van der Waals surface area (Å²) in [6.07, 6.45) is 5.31. The first-order valence-corrected chi connectivity index (χ1v) is 3.75. The van der Waals surface area contributed by atoms with Crippen molar-refractivity contribution in [3.8, 4) is 0 Å². The van der Waals surface area contributed by atoms with Gasteiger partial charge in [0.25, 0.3) is 0 Å². The first-order valence-electron chi connectivity index (χ1n) is 3.75. The van der Waals surface area contributed by atoms with Crippen molar-refractivity contribution >= 4 is 12.4 Å². The molecule has 0 spiro atoms. The van der Waals surface area contributed by atoms with Crippen molar-refractivity contribution in [2.24, 2.45) is 5.73 Å². The fourth-order valence-electron chi connectivity index (χ4n) is 1.22. The molecule has 0 amide bonds. The molecule has 0 aliphatic carbocycles. The van der Waals surface area contributed by atoms with Crippen molar-refractivity contribution in [1.82, 2.24) is 0 Å². The Morgan fingerprint density at radius 3 is 2.80 bits per heavy atom. The van der Waals surface area contributed by atoms with Crippen LogP contribution in [0.15, 0.2) is 0 Å². The second-order valence-electron chi connectivity index (χ2n) is 2.57. The summed E-state index contributed by atoms with van der Waals surface area (Å²) in [4.78, 5) is 0. The average Bonchev–Trinajstić information content (AvgIpc) is 2.34. The Kier molecular flexibility index (Phi) is 6.08. The van der Waals surface area contributed by atoms with Gasteiger partial charge in [0.1, 0.15) is 0 Å². The molecule has 0 aromatic heterocycles. The van der Waals surface area contributed by atoms with Crippen LogP contribution in [0, 0.1) is 0 Å². The quantitative estimate of drug-likeness (QED) is 0.685. The minimum absolute atomic E-state index is 0. The summed E-state index contributed by atoms with van der Waals surface area (Å²) in [5.41, 5.74) is 5.35. The van der Waals surface area contributed by atoms with E-state index < -0.39 is 0 Å². The van der Waals surface area contributed by atoms with Crippen molar-refractivity contribution in [3.05, 3.63) is 0 Å². The van der Waals surface area contributed by atoms with E-state index in [-0.39, 0.29) is 12.4 Å². The van der Waals surface area contributed by atoms with Crippen LogP contribution in [0.4, 0.5) is 0 Å². The van der Waals surface area contributed by atoms with Crippen molar-refractivity contribution in [3.63, 3.8) is 0 Å². The van der Waals surface area contributed by atoms with E-state index >= 15 is 0 Å². The van der Waals surface area contributed by atoms with Crippen LogP contribution in [-0.4, -0.2) is 19.3 Å². The van der Waals surface area contributed by atoms with Crippen LogP contribution in [0.2, 0.25) is 0 Å². The molecule has 1 heterocycles. The normalized spacial score (nSPS) is 24.3. The van der Waals surface area contributed by atoms with E-state index in [1.54, 1.807) is 0 Å². The molecule has 0 saturated carbocycles. The molecular formula is C7H16ClNO. The number of hydrogen-bond donors (Lipinski definition) is 1. The van der Waals surface area contributed by atoms with Gasteiger partial charge in [0, 0.05) is 6.61 Å². The summed E-state index contributed by atoms with van der Waals surface area (Å²) in [5.74, 6) is 0. The summed E-state index contributed by atoms with van der Waals surface area (Å²) < 4.78 is 5.40. The van der Waals surface area contributed by atoms with E-state index in [0.29, 0.717) is 6.10 Å². The molecular weight excluding hydrogens is 150 g/mol. The molecule has 0 aromatic rings. The fourth-order valence-corrected chi connectivity index (χ4v) is 1.22. The van der Waals surface area contributed by atoms with E-state index in [1.807, 2.05) is 0 Å². The Hall–Kier alpha value is 0.210. The third-order valence-corrected chi connectivity index (χ3v) is 1.75. The molecule has 1 aliphatic heterocycles. The monoisotopic (exact) mass is 165 g/mol. The molecule has 0 aromatic carbocycles. The van der Waals surface area contributed by atoms with Crippen LogP contribution >= 0.6 is 12.4 Å². The molecule has 1 rings (SSSR count). The Labute approximate surface area is 68.5 Å². The molecule has 62 valence electrons. The highest BCUT2D eigenvalue weighted by atomic mass is 35.5. The molecule has 0 radical (unpaired) electrons. The topological polar surface area (TPSA) is 35.2 Å². The number of hydrogen-bond acceptors (Lipinski definition) is 2. The zero-order chi connectivity index (χ0) is 6.53. The van der Waals surface area contributed by atoms with E-state index in [4.69, 9.17) is 10.5 Å². The summed E-state index contributed by atoms with van der Waals surface area (Å²) >= 11 is 0. The second kappa shape index (κ2) is 5.96. The minimum atomic E-state index is 0. The lowest BCUT2D eigenvalue weighted by molar-refractivity contribution is 0.103. The van der Waals surface area contributed by atoms with Crippen molar-refractivity contribution < 1.29 is 4.74 Å². The van der Waals surface area contributed by atoms with Crippen molar-refractivity contribution in [1.29, 1.82) is 0 Å². The molecule has 0 bridgehead atoms. The van der Waals surface area contributed by atoms with Crippen molar-refractivity contribution in [2.45, 2.75) is 31.8 Å². The maximum atomic E-state index is 5.40. The van der Waals surface area contributed by atoms with Gasteiger partial charge in [-0.2, -0.15) is 0 Å². The average molecular weight is 166 g/mol. The van der Waals surface area contributed by atoms with Gasteiger partial charge >= 0.3 is 0 Å². The first-order chi connectivity index (χ1) is 4.43. The maximum Gasteiger partial charge on any atom is 0.0576 e. The lowest BCUT2D eigenvalue weighted by Crippen LogP contribution is -2.08. The molecule has 10 heavy (non-hydrogen) atoms. The standard InChI is InChI=1S/C7H15NO.ClH/c8-5-1-3-7-4-2-6-9-7;/h7H,1-6,8H2;1H/t7-;/m0./s1. The van der Waals surface area contributed by atoms with Crippen molar-refractivity contribution in [2.75, 3.05) is 13.2 Å². The maximum absolute atomic E-state index is 5.40. The highest BCUT2D eigenvalue weighted by molar-refractivity contribution is 5.85. The van der Waals surface area contributed by atoms with Crippen LogP contribution in [0.25, 0.3) is 0 Å².